The number of hydrogen-bond acceptors (Lipinski definition) is 2. The minimum absolute atomic E-state index is 0.0284. The first-order chi connectivity index (χ1) is 9.11. The minimum atomic E-state index is -0.235. The Balaban J connectivity index is 1.92. The van der Waals surface area contributed by atoms with Gasteiger partial charge in [-0.3, -0.25) is 4.79 Å². The maximum Gasteiger partial charge on any atom is 0.223 e. The van der Waals surface area contributed by atoms with Crippen molar-refractivity contribution in [1.82, 2.24) is 4.90 Å². The Kier molecular flexibility index (Phi) is 4.83. The van der Waals surface area contributed by atoms with Crippen molar-refractivity contribution in [2.45, 2.75) is 31.7 Å². The van der Waals surface area contributed by atoms with Crippen molar-refractivity contribution in [3.05, 3.63) is 33.8 Å². The van der Waals surface area contributed by atoms with Gasteiger partial charge in [0.05, 0.1) is 16.1 Å². The largest absolute Gasteiger partial charge is 0.333 e. The van der Waals surface area contributed by atoms with Gasteiger partial charge in [-0.15, -0.1) is 0 Å². The molecule has 5 heteroatoms. The summed E-state index contributed by atoms with van der Waals surface area (Å²) in [6.45, 7) is 0.684. The molecule has 19 heavy (non-hydrogen) atoms. The van der Waals surface area contributed by atoms with Crippen molar-refractivity contribution < 1.29 is 9.59 Å². The molecule has 0 saturated carbocycles. The number of aldehydes is 1. The first-order valence-electron chi connectivity index (χ1n) is 6.30. The molecule has 1 amide bonds. The lowest BCUT2D eigenvalue weighted by atomic mass is 10.1. The first kappa shape index (κ1) is 14.4. The van der Waals surface area contributed by atoms with E-state index in [9.17, 15) is 9.59 Å². The molecule has 0 aromatic heterocycles. The second-order valence-corrected chi connectivity index (χ2v) is 5.50. The molecule has 0 aliphatic carbocycles. The van der Waals surface area contributed by atoms with Crippen LogP contribution in [0.3, 0.4) is 0 Å². The molecule has 1 atom stereocenters. The average molecular weight is 300 g/mol. The molecular formula is C14H15Cl2NO2. The van der Waals surface area contributed by atoms with Crippen LogP contribution in [0.2, 0.25) is 10.0 Å². The molecule has 1 aromatic carbocycles. The quantitative estimate of drug-likeness (QED) is 0.801. The van der Waals surface area contributed by atoms with Gasteiger partial charge >= 0.3 is 0 Å². The van der Waals surface area contributed by atoms with Crippen LogP contribution in [0.15, 0.2) is 18.2 Å². The van der Waals surface area contributed by atoms with Gasteiger partial charge in [-0.25, -0.2) is 0 Å². The van der Waals surface area contributed by atoms with Gasteiger partial charge in [-0.2, -0.15) is 0 Å². The van der Waals surface area contributed by atoms with Crippen molar-refractivity contribution in [3.63, 3.8) is 0 Å². The van der Waals surface area contributed by atoms with Gasteiger partial charge < -0.3 is 9.69 Å². The number of carbonyl (C=O) groups excluding carboxylic acids is 2. The zero-order chi connectivity index (χ0) is 13.8. The molecule has 0 bridgehead atoms. The van der Waals surface area contributed by atoms with E-state index in [2.05, 4.69) is 0 Å². The second kappa shape index (κ2) is 6.40. The first-order valence-corrected chi connectivity index (χ1v) is 7.06. The smallest absolute Gasteiger partial charge is 0.223 e. The molecule has 1 aromatic rings. The minimum Gasteiger partial charge on any atom is -0.333 e. The maximum absolute atomic E-state index is 12.0. The van der Waals surface area contributed by atoms with Gasteiger partial charge in [0.25, 0.3) is 0 Å². The van der Waals surface area contributed by atoms with E-state index in [0.717, 1.165) is 24.7 Å². The van der Waals surface area contributed by atoms with E-state index in [0.29, 0.717) is 29.4 Å². The molecule has 1 aliphatic heterocycles. The number of likely N-dealkylation sites (tertiary alicyclic amines) is 1. The van der Waals surface area contributed by atoms with Crippen molar-refractivity contribution in [2.24, 2.45) is 0 Å². The number of nitrogens with zero attached hydrogens (tertiary/aromatic N) is 1. The highest BCUT2D eigenvalue weighted by atomic mass is 35.5. The van der Waals surface area contributed by atoms with Gasteiger partial charge in [0.15, 0.2) is 0 Å². The van der Waals surface area contributed by atoms with Crippen molar-refractivity contribution in [2.75, 3.05) is 6.54 Å². The van der Waals surface area contributed by atoms with E-state index in [1.54, 1.807) is 17.0 Å². The molecule has 3 nitrogen and oxygen atoms in total. The van der Waals surface area contributed by atoms with Crippen molar-refractivity contribution >= 4 is 35.4 Å². The lowest BCUT2D eigenvalue weighted by Gasteiger charge is -2.20. The summed E-state index contributed by atoms with van der Waals surface area (Å²) in [5.41, 5.74) is 0.976. The van der Waals surface area contributed by atoms with Crippen LogP contribution in [0, 0.1) is 0 Å². The average Bonchev–Trinajstić information content (AvgIpc) is 2.88. The SMILES string of the molecule is O=C[C@@H]1CCCN1C(=O)CCc1ccc(Cl)c(Cl)c1. The van der Waals surface area contributed by atoms with Crippen LogP contribution in [-0.4, -0.2) is 29.7 Å². The van der Waals surface area contributed by atoms with Crippen LogP contribution in [0.1, 0.15) is 24.8 Å². The number of hydrogen-bond donors (Lipinski definition) is 0. The van der Waals surface area contributed by atoms with Crippen LogP contribution in [0.4, 0.5) is 0 Å². The van der Waals surface area contributed by atoms with E-state index in [1.807, 2.05) is 6.07 Å². The molecule has 2 rings (SSSR count). The van der Waals surface area contributed by atoms with E-state index >= 15 is 0 Å². The van der Waals surface area contributed by atoms with E-state index in [4.69, 9.17) is 23.2 Å². The van der Waals surface area contributed by atoms with Gasteiger partial charge in [0, 0.05) is 13.0 Å². The third-order valence-corrected chi connectivity index (χ3v) is 4.13. The molecular weight excluding hydrogens is 285 g/mol. The van der Waals surface area contributed by atoms with Crippen molar-refractivity contribution in [1.29, 1.82) is 0 Å². The standard InChI is InChI=1S/C14H15Cl2NO2/c15-12-5-3-10(8-13(12)16)4-6-14(19)17-7-1-2-11(17)9-18/h3,5,8-9,11H,1-2,4,6-7H2/t11-/m0/s1. The lowest BCUT2D eigenvalue weighted by Crippen LogP contribution is -2.36. The molecule has 0 unspecified atom stereocenters. The lowest BCUT2D eigenvalue weighted by molar-refractivity contribution is -0.134. The zero-order valence-corrected chi connectivity index (χ0v) is 12.0. The molecule has 1 heterocycles. The van der Waals surface area contributed by atoms with Gasteiger partial charge in [0.1, 0.15) is 6.29 Å². The van der Waals surface area contributed by atoms with Gasteiger partial charge in [-0.1, -0.05) is 29.3 Å². The zero-order valence-electron chi connectivity index (χ0n) is 10.4. The molecule has 0 N–H and O–H groups in total. The van der Waals surface area contributed by atoms with Crippen LogP contribution in [0.5, 0.6) is 0 Å². The predicted octanol–water partition coefficient (Wildman–Crippen LogP) is 3.12. The maximum atomic E-state index is 12.0. The predicted molar refractivity (Wildman–Crippen MR) is 75.6 cm³/mol. The molecule has 1 aliphatic rings. The van der Waals surface area contributed by atoms with Gasteiger partial charge in [0.2, 0.25) is 5.91 Å². The fraction of sp³-hybridized carbons (Fsp3) is 0.429. The fourth-order valence-corrected chi connectivity index (χ4v) is 2.65. The number of halogens is 2. The normalized spacial score (nSPS) is 18.6. The van der Waals surface area contributed by atoms with Crippen LogP contribution < -0.4 is 0 Å². The summed E-state index contributed by atoms with van der Waals surface area (Å²) in [5.74, 6) is 0.0284. The summed E-state index contributed by atoms with van der Waals surface area (Å²) in [4.78, 5) is 24.6. The molecule has 102 valence electrons. The summed E-state index contributed by atoms with van der Waals surface area (Å²) in [6, 6.07) is 5.13. The summed E-state index contributed by atoms with van der Waals surface area (Å²) in [7, 11) is 0. The molecule has 1 saturated heterocycles. The summed E-state index contributed by atoms with van der Waals surface area (Å²) in [5, 5.41) is 1.01. The number of aryl methyl sites for hydroxylation is 1. The topological polar surface area (TPSA) is 37.4 Å². The Labute approximate surface area is 122 Å². The highest BCUT2D eigenvalue weighted by Crippen LogP contribution is 2.23. The summed E-state index contributed by atoms with van der Waals surface area (Å²) >= 11 is 11.8. The van der Waals surface area contributed by atoms with Crippen LogP contribution >= 0.6 is 23.2 Å². The second-order valence-electron chi connectivity index (χ2n) is 4.68. The van der Waals surface area contributed by atoms with Crippen LogP contribution in [-0.2, 0) is 16.0 Å². The van der Waals surface area contributed by atoms with E-state index < -0.39 is 0 Å². The Hall–Kier alpha value is -1.06. The Bertz CT molecular complexity index is 490. The van der Waals surface area contributed by atoms with Crippen molar-refractivity contribution in [3.8, 4) is 0 Å². The van der Waals surface area contributed by atoms with Crippen LogP contribution in [0.25, 0.3) is 0 Å². The third kappa shape index (κ3) is 3.48. The Morgan fingerprint density at radius 3 is 2.84 bits per heavy atom. The molecule has 0 radical (unpaired) electrons. The van der Waals surface area contributed by atoms with E-state index in [-0.39, 0.29) is 11.9 Å². The summed E-state index contributed by atoms with van der Waals surface area (Å²) in [6.07, 6.45) is 3.55. The number of carbonyl (C=O) groups is 2. The van der Waals surface area contributed by atoms with Gasteiger partial charge in [-0.05, 0) is 37.0 Å². The molecule has 1 fully saturated rings. The monoisotopic (exact) mass is 299 g/mol. The number of benzene rings is 1. The van der Waals surface area contributed by atoms with E-state index in [1.165, 1.54) is 0 Å². The molecule has 0 spiro atoms. The summed E-state index contributed by atoms with van der Waals surface area (Å²) < 4.78 is 0. The Morgan fingerprint density at radius 1 is 1.37 bits per heavy atom. The Morgan fingerprint density at radius 2 is 2.16 bits per heavy atom. The fourth-order valence-electron chi connectivity index (χ4n) is 2.33. The number of amides is 1. The highest BCUT2D eigenvalue weighted by molar-refractivity contribution is 6.42. The number of rotatable bonds is 4. The third-order valence-electron chi connectivity index (χ3n) is 3.39. The highest BCUT2D eigenvalue weighted by Gasteiger charge is 2.27.